The summed E-state index contributed by atoms with van der Waals surface area (Å²) in [5, 5.41) is 2.10. The molecule has 6 heterocycles. The van der Waals surface area contributed by atoms with Crippen LogP contribution in [0.4, 0.5) is 13.2 Å². The van der Waals surface area contributed by atoms with Crippen LogP contribution in [0.5, 0.6) is 0 Å². The van der Waals surface area contributed by atoms with Gasteiger partial charge in [-0.25, -0.2) is 0 Å². The van der Waals surface area contributed by atoms with Crippen LogP contribution in [0.3, 0.4) is 0 Å². The molecule has 446 valence electrons. The van der Waals surface area contributed by atoms with Gasteiger partial charge in [0.05, 0.1) is 62.3 Å². The molecular weight excluding hydrogens is 1070 g/mol. The molecule has 0 spiro atoms. The normalized spacial score (nSPS) is 21.6. The van der Waals surface area contributed by atoms with Crippen LogP contribution in [0.15, 0.2) is 66.4 Å². The maximum atomic E-state index is 14.2. The molecule has 8 rings (SSSR count). The Hall–Kier alpha value is -3.10. The van der Waals surface area contributed by atoms with Crippen molar-refractivity contribution in [3.8, 4) is 11.8 Å². The van der Waals surface area contributed by atoms with E-state index in [2.05, 4.69) is 93.1 Å². The lowest BCUT2D eigenvalue weighted by Crippen LogP contribution is -2.41. The number of hydrogen-bond acceptors (Lipinski definition) is 10. The first-order chi connectivity index (χ1) is 36.9. The molecule has 4 aliphatic heterocycles. The van der Waals surface area contributed by atoms with E-state index in [0.29, 0.717) is 25.6 Å². The van der Waals surface area contributed by atoms with Gasteiger partial charge in [-0.3, -0.25) is 0 Å². The molecule has 0 atom stereocenters. The van der Waals surface area contributed by atoms with Crippen molar-refractivity contribution in [2.45, 2.75) is 246 Å². The van der Waals surface area contributed by atoms with Gasteiger partial charge in [0, 0.05) is 64.5 Å². The fraction of sp³-hybridized carbons (Fsp3) is 0.667. The molecule has 4 aliphatic rings. The van der Waals surface area contributed by atoms with Crippen molar-refractivity contribution in [3.63, 3.8) is 0 Å². The zero-order valence-electron chi connectivity index (χ0n) is 53.4. The SMILES string of the molecule is CC1(C)OB(/C(CC(F)(F)F)=C(\B2OC(C)(C)C(C)(C)O2)c2ccc3c(ccn3COCC[Si](C)(C)C)c2)OC1(C)C.CC1(C)OB(B2OC(C)(C)C(C)(C)O2)OC1(C)C.CCC#Cc1ccc2c(ccn2COCC[Si](C)(C)C)c1. The van der Waals surface area contributed by atoms with E-state index in [9.17, 15) is 13.2 Å². The summed E-state index contributed by atoms with van der Waals surface area (Å²) in [6.45, 7) is 49.8. The zero-order valence-corrected chi connectivity index (χ0v) is 55.4. The van der Waals surface area contributed by atoms with Crippen molar-refractivity contribution in [3.05, 3.63) is 77.5 Å². The van der Waals surface area contributed by atoms with Gasteiger partial charge in [0.2, 0.25) is 0 Å². The monoisotopic (exact) mass is 1160 g/mol. The number of aromatic nitrogens is 2. The molecule has 0 aliphatic carbocycles. The van der Waals surface area contributed by atoms with Gasteiger partial charge in [-0.15, -0.1) is 0 Å². The van der Waals surface area contributed by atoms with Crippen molar-refractivity contribution in [1.29, 1.82) is 0 Å². The van der Waals surface area contributed by atoms with Crippen LogP contribution in [0.1, 0.15) is 142 Å². The Kier molecular flexibility index (Phi) is 20.1. The minimum absolute atomic E-state index is 0.0480. The molecule has 21 heteroatoms. The number of rotatable bonds is 15. The second-order valence-corrected chi connectivity index (χ2v) is 39.9. The second kappa shape index (κ2) is 24.3. The minimum atomic E-state index is -4.52. The summed E-state index contributed by atoms with van der Waals surface area (Å²) in [5.41, 5.74) is -0.597. The number of nitrogens with zero attached hydrogens (tertiary/aromatic N) is 2. The van der Waals surface area contributed by atoms with E-state index in [1.165, 1.54) is 16.9 Å². The smallest absolute Gasteiger partial charge is 0.405 e. The number of ether oxygens (including phenoxy) is 2. The van der Waals surface area contributed by atoms with Gasteiger partial charge in [-0.2, -0.15) is 13.2 Å². The van der Waals surface area contributed by atoms with Crippen LogP contribution in [-0.2, 0) is 60.2 Å². The molecule has 0 unspecified atom stereocenters. The Morgan fingerprint density at radius 1 is 0.519 bits per heavy atom. The average Bonchev–Trinajstić information content (AvgIpc) is 4.10. The predicted molar refractivity (Wildman–Crippen MR) is 331 cm³/mol. The van der Waals surface area contributed by atoms with Gasteiger partial charge >= 0.3 is 34.4 Å². The molecule has 12 nitrogen and oxygen atoms in total. The number of benzene rings is 2. The van der Waals surface area contributed by atoms with E-state index < -0.39 is 79.4 Å². The third-order valence-electron chi connectivity index (χ3n) is 17.2. The molecule has 0 N–H and O–H groups in total. The molecule has 2 aromatic heterocycles. The van der Waals surface area contributed by atoms with Gasteiger partial charge in [-0.1, -0.05) is 64.1 Å². The van der Waals surface area contributed by atoms with Crippen LogP contribution in [-0.4, -0.2) is 118 Å². The molecule has 0 bridgehead atoms. The Balaban J connectivity index is 0.000000224. The molecule has 2 aromatic carbocycles. The summed E-state index contributed by atoms with van der Waals surface area (Å²) >= 11 is 0. The molecule has 81 heavy (non-hydrogen) atoms. The third kappa shape index (κ3) is 16.5. The van der Waals surface area contributed by atoms with Gasteiger partial charge in [0.25, 0.3) is 0 Å². The first-order valence-electron chi connectivity index (χ1n) is 28.9. The summed E-state index contributed by atoms with van der Waals surface area (Å²) in [7, 11) is -5.45. The van der Waals surface area contributed by atoms with Crippen molar-refractivity contribution in [1.82, 2.24) is 9.13 Å². The standard InChI is InChI=1S/C30H46B2F3NO5Si.C18H25NOSi.C12H24B2O4/c1-26(2)27(3,4)39-31(38-26)23(19-30(33,34)35)25(32-40-28(5,6)29(7,8)41-32)22-12-13-24-21(18-22)14-15-36(24)20-37-16-17-42(9,10)11;1-5-6-7-16-8-9-18-17(14-16)10-11-19(18)15-20-12-13-21(2,3)4;1-9(2)10(3,4)16-13(15-9)14-17-11(5,6)12(7,8)18-14/h12-15,18H,16-17,19-20H2,1-11H3;8-11,14H,5,12-13,15H2,1-4H3;1-8H3/b25-23-;;. The second-order valence-electron chi connectivity index (χ2n) is 28.6. The van der Waals surface area contributed by atoms with E-state index in [0.717, 1.165) is 35.5 Å². The van der Waals surface area contributed by atoms with Gasteiger partial charge in [0.1, 0.15) is 13.5 Å². The fourth-order valence-electron chi connectivity index (χ4n) is 9.08. The van der Waals surface area contributed by atoms with E-state index in [-0.39, 0.29) is 33.3 Å². The highest BCUT2D eigenvalue weighted by atomic mass is 28.3. The van der Waals surface area contributed by atoms with E-state index in [1.54, 1.807) is 0 Å². The largest absolute Gasteiger partial charge is 0.494 e. The summed E-state index contributed by atoms with van der Waals surface area (Å²) < 4.78 is 108. The van der Waals surface area contributed by atoms with Crippen molar-refractivity contribution >= 4 is 71.7 Å². The van der Waals surface area contributed by atoms with Gasteiger partial charge < -0.3 is 55.8 Å². The van der Waals surface area contributed by atoms with Crippen molar-refractivity contribution in [2.24, 2.45) is 0 Å². The highest BCUT2D eigenvalue weighted by molar-refractivity contribution is 7.11. The predicted octanol–water partition coefficient (Wildman–Crippen LogP) is 14.9. The maximum Gasteiger partial charge on any atom is 0.494 e. The first kappa shape index (κ1) is 67.0. The van der Waals surface area contributed by atoms with Crippen LogP contribution in [0.2, 0.25) is 51.4 Å². The van der Waals surface area contributed by atoms with Crippen LogP contribution < -0.4 is 0 Å². The summed E-state index contributed by atoms with van der Waals surface area (Å²) in [6, 6.07) is 18.3. The molecule has 0 radical (unpaired) electrons. The molecular formula is C60H95B4F3N2O10Si2. The summed E-state index contributed by atoms with van der Waals surface area (Å²) in [6.07, 6.45) is -0.825. The summed E-state index contributed by atoms with van der Waals surface area (Å²) in [5.74, 6) is 6.29. The average molecular weight is 1160 g/mol. The number of alkyl halides is 3. The fourth-order valence-corrected chi connectivity index (χ4v) is 10.6. The number of halogens is 3. The zero-order chi connectivity index (χ0) is 60.8. The minimum Gasteiger partial charge on any atom is -0.405 e. The molecule has 0 amide bonds. The Morgan fingerprint density at radius 3 is 1.27 bits per heavy atom. The van der Waals surface area contributed by atoms with Crippen LogP contribution in [0, 0.1) is 11.8 Å². The molecule has 4 fully saturated rings. The van der Waals surface area contributed by atoms with E-state index >= 15 is 0 Å². The Morgan fingerprint density at radius 2 is 0.889 bits per heavy atom. The Bertz CT molecular complexity index is 2810. The molecule has 4 saturated heterocycles. The van der Waals surface area contributed by atoms with Crippen LogP contribution >= 0.6 is 0 Å². The highest BCUT2D eigenvalue weighted by Crippen LogP contribution is 2.48. The highest BCUT2D eigenvalue weighted by Gasteiger charge is 2.64. The third-order valence-corrected chi connectivity index (χ3v) is 20.7. The van der Waals surface area contributed by atoms with Gasteiger partial charge in [-0.05, 0) is 182 Å². The van der Waals surface area contributed by atoms with E-state index in [1.807, 2.05) is 146 Å². The number of fused-ring (bicyclic) bond motifs is 2. The number of allylic oxidation sites excluding steroid dienone is 1. The topological polar surface area (TPSA) is 102 Å². The molecule has 4 aromatic rings. The quantitative estimate of drug-likeness (QED) is 0.0650. The van der Waals surface area contributed by atoms with E-state index in [4.69, 9.17) is 46.7 Å². The Labute approximate surface area is 487 Å². The lowest BCUT2D eigenvalue weighted by Gasteiger charge is -2.32. The first-order valence-corrected chi connectivity index (χ1v) is 36.4. The lowest BCUT2D eigenvalue weighted by atomic mass is 9.49. The number of hydrogen-bond donors (Lipinski definition) is 0. The van der Waals surface area contributed by atoms with Gasteiger partial charge in [0.15, 0.2) is 0 Å². The summed E-state index contributed by atoms with van der Waals surface area (Å²) in [4.78, 5) is 0. The van der Waals surface area contributed by atoms with Crippen molar-refractivity contribution < 1.29 is 59.9 Å². The van der Waals surface area contributed by atoms with Crippen molar-refractivity contribution in [2.75, 3.05) is 13.2 Å². The van der Waals surface area contributed by atoms with Crippen LogP contribution in [0.25, 0.3) is 27.3 Å². The lowest BCUT2D eigenvalue weighted by molar-refractivity contribution is -0.126. The maximum absolute atomic E-state index is 14.2. The molecule has 0 saturated carbocycles.